The summed E-state index contributed by atoms with van der Waals surface area (Å²) in [5.41, 5.74) is 8.59. The number of benzene rings is 8. The van der Waals surface area contributed by atoms with E-state index in [0.717, 1.165) is 65.3 Å². The Morgan fingerprint density at radius 2 is 1.02 bits per heavy atom. The van der Waals surface area contributed by atoms with Crippen LogP contribution >= 0.6 is 11.3 Å². The first kappa shape index (κ1) is 22.3. The van der Waals surface area contributed by atoms with Crippen molar-refractivity contribution in [3.63, 3.8) is 0 Å². The predicted octanol–water partition coefficient (Wildman–Crippen LogP) is 14.1. The molecule has 244 valence electrons. The van der Waals surface area contributed by atoms with Crippen LogP contribution in [0.1, 0.15) is 12.3 Å². The van der Waals surface area contributed by atoms with Crippen molar-refractivity contribution >= 4 is 39.2 Å². The highest BCUT2D eigenvalue weighted by Crippen LogP contribution is 2.52. The molecule has 0 spiro atoms. The first-order valence-electron chi connectivity index (χ1n) is 21.4. The second-order valence-electron chi connectivity index (χ2n) is 12.5. The molecule has 1 aliphatic carbocycles. The largest absolute Gasteiger partial charge is 0.311 e. The quantitative estimate of drug-likeness (QED) is 0.166. The Hall–Kier alpha value is -6.55. The van der Waals surface area contributed by atoms with Crippen molar-refractivity contribution in [1.29, 1.82) is 0 Å². The third-order valence-electron chi connectivity index (χ3n) is 9.44. The number of fused-ring (bicyclic) bond motifs is 3. The summed E-state index contributed by atoms with van der Waals surface area (Å²) >= 11 is 1.70. The third kappa shape index (κ3) is 5.22. The molecule has 8 aromatic carbocycles. The maximum absolute atomic E-state index is 9.35. The number of hydrogen-bond acceptors (Lipinski definition) is 3. The van der Waals surface area contributed by atoms with Gasteiger partial charge >= 0.3 is 0 Å². The molecule has 10 rings (SSSR count). The van der Waals surface area contributed by atoms with E-state index in [-0.39, 0.29) is 16.8 Å². The predicted molar refractivity (Wildman–Crippen MR) is 220 cm³/mol. The van der Waals surface area contributed by atoms with Gasteiger partial charge in [0.25, 0.3) is 0 Å². The van der Waals surface area contributed by atoms with Crippen molar-refractivity contribution in [3.8, 4) is 65.6 Å². The average Bonchev–Trinajstić information content (AvgIpc) is 3.87. The molecule has 52 heavy (non-hydrogen) atoms. The van der Waals surface area contributed by atoms with Gasteiger partial charge in [-0.25, -0.2) is 4.98 Å². The highest BCUT2D eigenvalue weighted by Gasteiger charge is 2.27. The Bertz CT molecular complexity index is 3140. The van der Waals surface area contributed by atoms with Gasteiger partial charge in [-0.2, -0.15) is 0 Å². The summed E-state index contributed by atoms with van der Waals surface area (Å²) in [6.07, 6.45) is 0. The fourth-order valence-electron chi connectivity index (χ4n) is 6.98. The Balaban J connectivity index is 1.10. The van der Waals surface area contributed by atoms with Gasteiger partial charge in [0, 0.05) is 39.1 Å². The van der Waals surface area contributed by atoms with Crippen LogP contribution in [0.5, 0.6) is 0 Å². The molecule has 0 saturated heterocycles. The highest BCUT2D eigenvalue weighted by molar-refractivity contribution is 7.19. The summed E-state index contributed by atoms with van der Waals surface area (Å²) in [6, 6.07) is 41.1. The van der Waals surface area contributed by atoms with Gasteiger partial charge in [0.2, 0.25) is 0 Å². The molecule has 0 N–H and O–H groups in total. The maximum Gasteiger partial charge on any atom is 0.124 e. The van der Waals surface area contributed by atoms with Crippen molar-refractivity contribution in [2.45, 2.75) is 0 Å². The number of rotatable bonds is 7. The van der Waals surface area contributed by atoms with Crippen LogP contribution in [0, 0.1) is 0 Å². The molecule has 0 saturated carbocycles. The molecular formula is C49H32N2S. The molecule has 0 amide bonds. The molecule has 1 aliphatic rings. The average molecular weight is 690 g/mol. The second-order valence-corrected chi connectivity index (χ2v) is 13.5. The monoisotopic (exact) mass is 689 g/mol. The summed E-state index contributed by atoms with van der Waals surface area (Å²) in [4.78, 5) is 7.92. The summed E-state index contributed by atoms with van der Waals surface area (Å²) in [5.74, 6) is 0. The normalized spacial score (nSPS) is 13.9. The fraction of sp³-hybridized carbons (Fsp3) is 0. The lowest BCUT2D eigenvalue weighted by molar-refractivity contribution is 1.28. The van der Waals surface area contributed by atoms with Crippen LogP contribution in [-0.4, -0.2) is 4.98 Å². The molecule has 2 nitrogen and oxygen atoms in total. The van der Waals surface area contributed by atoms with Crippen LogP contribution < -0.4 is 4.90 Å². The van der Waals surface area contributed by atoms with Gasteiger partial charge < -0.3 is 4.90 Å². The van der Waals surface area contributed by atoms with Crippen molar-refractivity contribution < 1.29 is 12.3 Å². The van der Waals surface area contributed by atoms with Crippen molar-refractivity contribution in [2.75, 3.05) is 4.90 Å². The van der Waals surface area contributed by atoms with Gasteiger partial charge in [0.1, 0.15) is 5.01 Å². The van der Waals surface area contributed by atoms with Gasteiger partial charge in [0.05, 0.1) is 22.9 Å². The first-order chi connectivity index (χ1) is 29.5. The molecule has 0 radical (unpaired) electrons. The molecule has 3 heteroatoms. The molecule has 0 fully saturated rings. The lowest BCUT2D eigenvalue weighted by Gasteiger charge is -2.26. The van der Waals surface area contributed by atoms with Gasteiger partial charge in [-0.05, 0) is 75.1 Å². The maximum atomic E-state index is 9.35. The van der Waals surface area contributed by atoms with Gasteiger partial charge in [-0.1, -0.05) is 158 Å². The number of thiazole rings is 1. The van der Waals surface area contributed by atoms with Crippen LogP contribution in [0.4, 0.5) is 17.1 Å². The van der Waals surface area contributed by atoms with Crippen molar-refractivity contribution in [2.24, 2.45) is 0 Å². The molecule has 0 bridgehead atoms. The van der Waals surface area contributed by atoms with Crippen LogP contribution in [0.3, 0.4) is 0 Å². The number of anilines is 3. The Morgan fingerprint density at radius 1 is 0.423 bits per heavy atom. The van der Waals surface area contributed by atoms with Crippen LogP contribution in [-0.2, 0) is 0 Å². The molecule has 0 atom stereocenters. The van der Waals surface area contributed by atoms with E-state index in [1.807, 2.05) is 97.1 Å². The van der Waals surface area contributed by atoms with Gasteiger partial charge in [-0.15, -0.1) is 11.3 Å². The first-order valence-corrected chi connectivity index (χ1v) is 17.7. The smallest absolute Gasteiger partial charge is 0.124 e. The Labute approximate surface area is 320 Å². The summed E-state index contributed by atoms with van der Waals surface area (Å²) < 4.78 is 78.6. The molecule has 1 aromatic heterocycles. The molecule has 0 unspecified atom stereocenters. The standard InChI is InChI=1S/C49H32N2S/c1-4-11-33(12-5-1)35-19-25-39(26-20-35)51(40-27-21-36(22-28-40)34-13-6-2-7-14-34)41-29-23-37(24-30-41)42-31-32-45-46-43(42)17-10-18-44(46)47-48(45)52-49(50-47)38-15-8-3-9-16-38/h1-32H/i1D,4D,5D,11D,12D,19D,20D,25D,26D. The van der Waals surface area contributed by atoms with E-state index in [1.54, 1.807) is 16.2 Å². The minimum Gasteiger partial charge on any atom is -0.311 e. The molecule has 1 heterocycles. The Morgan fingerprint density at radius 3 is 1.71 bits per heavy atom. The van der Waals surface area contributed by atoms with E-state index in [0.29, 0.717) is 11.4 Å². The van der Waals surface area contributed by atoms with Crippen molar-refractivity contribution in [3.05, 3.63) is 194 Å². The zero-order valence-electron chi connectivity index (χ0n) is 36.6. The fourth-order valence-corrected chi connectivity index (χ4v) is 8.10. The van der Waals surface area contributed by atoms with Gasteiger partial charge in [0.15, 0.2) is 0 Å². The van der Waals surface area contributed by atoms with E-state index in [9.17, 15) is 2.74 Å². The van der Waals surface area contributed by atoms with E-state index in [2.05, 4.69) is 42.5 Å². The molecular weight excluding hydrogens is 649 g/mol. The SMILES string of the molecule is [2H]c1c([2H])c([2H])c(-c2c([2H])c([2H])c(N(c3ccc(-c4ccccc4)cc3)c3ccc(-c4ccc5c6c(cccc46)-c4nc(-c6ccccc6)sc4-5)cc3)c([2H])c2[2H])c([2H])c1[2H]. The molecule has 9 aromatic rings. The van der Waals surface area contributed by atoms with Crippen LogP contribution in [0.25, 0.3) is 76.4 Å². The minimum atomic E-state index is -0.623. The summed E-state index contributed by atoms with van der Waals surface area (Å²) in [5, 5.41) is 3.23. The summed E-state index contributed by atoms with van der Waals surface area (Å²) in [6.45, 7) is 0. The summed E-state index contributed by atoms with van der Waals surface area (Å²) in [7, 11) is 0. The van der Waals surface area contributed by atoms with Gasteiger partial charge in [-0.3, -0.25) is 0 Å². The topological polar surface area (TPSA) is 16.1 Å². The Kier molecular flexibility index (Phi) is 5.43. The third-order valence-corrected chi connectivity index (χ3v) is 10.6. The second kappa shape index (κ2) is 12.6. The van der Waals surface area contributed by atoms with Crippen LogP contribution in [0.15, 0.2) is 194 Å². The van der Waals surface area contributed by atoms with Crippen LogP contribution in [0.2, 0.25) is 0 Å². The van der Waals surface area contributed by atoms with E-state index in [4.69, 9.17) is 14.6 Å². The minimum absolute atomic E-state index is 0.0508. The number of nitrogens with zero attached hydrogens (tertiary/aromatic N) is 2. The zero-order valence-corrected chi connectivity index (χ0v) is 28.4. The number of hydrogen-bond donors (Lipinski definition) is 0. The van der Waals surface area contributed by atoms with E-state index < -0.39 is 54.4 Å². The van der Waals surface area contributed by atoms with Crippen molar-refractivity contribution in [1.82, 2.24) is 4.98 Å². The number of aromatic nitrogens is 1. The highest BCUT2D eigenvalue weighted by atomic mass is 32.1. The molecule has 0 aliphatic heterocycles. The lowest BCUT2D eigenvalue weighted by atomic mass is 9.94. The lowest BCUT2D eigenvalue weighted by Crippen LogP contribution is -2.09. The van der Waals surface area contributed by atoms with E-state index >= 15 is 0 Å². The van der Waals surface area contributed by atoms with E-state index in [1.165, 1.54) is 0 Å². The zero-order chi connectivity index (χ0) is 42.3.